The molecular weight excluding hydrogens is 220 g/mol. The van der Waals surface area contributed by atoms with Crippen LogP contribution < -0.4 is 11.1 Å². The summed E-state index contributed by atoms with van der Waals surface area (Å²) in [7, 11) is 0. The highest BCUT2D eigenvalue weighted by molar-refractivity contribution is 7.80. The molecule has 1 unspecified atom stereocenters. The molecule has 4 heteroatoms. The Morgan fingerprint density at radius 1 is 1.50 bits per heavy atom. The van der Waals surface area contributed by atoms with Gasteiger partial charge in [-0.25, -0.2) is 0 Å². The molecule has 0 saturated heterocycles. The first-order valence-electron chi connectivity index (χ1n) is 5.78. The second-order valence-electron chi connectivity index (χ2n) is 5.92. The van der Waals surface area contributed by atoms with Crippen molar-refractivity contribution in [3.8, 4) is 0 Å². The van der Waals surface area contributed by atoms with Crippen LogP contribution in [0.25, 0.3) is 0 Å². The van der Waals surface area contributed by atoms with Gasteiger partial charge in [0.05, 0.1) is 10.4 Å². The minimum atomic E-state index is -0.521. The van der Waals surface area contributed by atoms with Crippen molar-refractivity contribution >= 4 is 23.1 Å². The van der Waals surface area contributed by atoms with Gasteiger partial charge in [0.15, 0.2) is 0 Å². The quantitative estimate of drug-likeness (QED) is 0.740. The Kier molecular flexibility index (Phi) is 3.62. The van der Waals surface area contributed by atoms with Gasteiger partial charge in [0.1, 0.15) is 0 Å². The molecule has 3 nitrogen and oxygen atoms in total. The molecule has 0 aliphatic heterocycles. The van der Waals surface area contributed by atoms with E-state index >= 15 is 0 Å². The molecule has 1 aliphatic carbocycles. The number of nitrogens with two attached hydrogens (primary N) is 1. The Labute approximate surface area is 103 Å². The number of thiocarbonyl (C=S) groups is 1. The maximum Gasteiger partial charge on any atom is 0.233 e. The highest BCUT2D eigenvalue weighted by Gasteiger charge is 2.52. The lowest BCUT2D eigenvalue weighted by atomic mass is 9.82. The van der Waals surface area contributed by atoms with Crippen LogP contribution in [-0.4, -0.2) is 17.4 Å². The van der Waals surface area contributed by atoms with E-state index in [1.54, 1.807) is 0 Å². The molecule has 3 N–H and O–H groups in total. The number of hydrogen-bond acceptors (Lipinski definition) is 2. The van der Waals surface area contributed by atoms with Gasteiger partial charge in [-0.3, -0.25) is 4.79 Å². The van der Waals surface area contributed by atoms with E-state index in [0.29, 0.717) is 17.5 Å². The lowest BCUT2D eigenvalue weighted by Crippen LogP contribution is -2.42. The summed E-state index contributed by atoms with van der Waals surface area (Å²) in [5, 5.41) is 2.97. The Bertz CT molecular complexity index is 303. The molecule has 0 spiro atoms. The Hall–Kier alpha value is -0.640. The standard InChI is InChI=1S/C12H22N2OS/c1-8(11(2,3)4)7-14-10(15)12(5-6-12)9(13)16/h8H,5-7H2,1-4H3,(H2,13,16)(H,14,15). The number of nitrogens with one attached hydrogen (secondary N) is 1. The highest BCUT2D eigenvalue weighted by atomic mass is 32.1. The Morgan fingerprint density at radius 2 is 2.00 bits per heavy atom. The average molecular weight is 242 g/mol. The second kappa shape index (κ2) is 4.32. The van der Waals surface area contributed by atoms with Gasteiger partial charge >= 0.3 is 0 Å². The predicted octanol–water partition coefficient (Wildman–Crippen LogP) is 1.85. The van der Waals surface area contributed by atoms with Crippen LogP contribution in [0, 0.1) is 16.7 Å². The van der Waals surface area contributed by atoms with Gasteiger partial charge in [-0.2, -0.15) is 0 Å². The molecule has 92 valence electrons. The molecule has 0 aromatic carbocycles. The second-order valence-corrected chi connectivity index (χ2v) is 6.36. The molecule has 16 heavy (non-hydrogen) atoms. The molecule has 1 aliphatic rings. The third-order valence-electron chi connectivity index (χ3n) is 3.70. The van der Waals surface area contributed by atoms with Crippen molar-refractivity contribution in [1.82, 2.24) is 5.32 Å². The lowest BCUT2D eigenvalue weighted by Gasteiger charge is -2.28. The van der Waals surface area contributed by atoms with E-state index in [2.05, 4.69) is 33.0 Å². The smallest absolute Gasteiger partial charge is 0.233 e. The zero-order valence-corrected chi connectivity index (χ0v) is 11.4. The SMILES string of the molecule is CC(CNC(=O)C1(C(N)=S)CC1)C(C)(C)C. The third kappa shape index (κ3) is 2.73. The first-order valence-corrected chi connectivity index (χ1v) is 6.19. The predicted molar refractivity (Wildman–Crippen MR) is 70.1 cm³/mol. The van der Waals surface area contributed by atoms with Crippen molar-refractivity contribution in [2.24, 2.45) is 22.5 Å². The molecule has 1 atom stereocenters. The average Bonchev–Trinajstić information content (AvgIpc) is 2.92. The summed E-state index contributed by atoms with van der Waals surface area (Å²) in [5.74, 6) is 0.440. The summed E-state index contributed by atoms with van der Waals surface area (Å²) in [4.78, 5) is 12.3. The van der Waals surface area contributed by atoms with Gasteiger partial charge in [0.2, 0.25) is 5.91 Å². The summed E-state index contributed by atoms with van der Waals surface area (Å²) in [5.41, 5.74) is 5.28. The Morgan fingerprint density at radius 3 is 2.31 bits per heavy atom. The van der Waals surface area contributed by atoms with Crippen molar-refractivity contribution in [3.05, 3.63) is 0 Å². The largest absolute Gasteiger partial charge is 0.392 e. The minimum absolute atomic E-state index is 0.0103. The van der Waals surface area contributed by atoms with Gasteiger partial charge in [-0.15, -0.1) is 0 Å². The fourth-order valence-corrected chi connectivity index (χ4v) is 1.73. The number of hydrogen-bond donors (Lipinski definition) is 2. The molecule has 0 bridgehead atoms. The van der Waals surface area contributed by atoms with Crippen molar-refractivity contribution < 1.29 is 4.79 Å². The molecule has 1 amide bonds. The summed E-state index contributed by atoms with van der Waals surface area (Å²) in [6, 6.07) is 0. The molecule has 1 rings (SSSR count). The highest BCUT2D eigenvalue weighted by Crippen LogP contribution is 2.46. The van der Waals surface area contributed by atoms with Crippen molar-refractivity contribution in [2.45, 2.75) is 40.5 Å². The van der Waals surface area contributed by atoms with Gasteiger partial charge in [-0.05, 0) is 24.2 Å². The molecule has 1 saturated carbocycles. The first kappa shape index (κ1) is 13.4. The summed E-state index contributed by atoms with van der Waals surface area (Å²) in [6.07, 6.45) is 1.61. The van der Waals surface area contributed by atoms with Crippen LogP contribution in [0.3, 0.4) is 0 Å². The van der Waals surface area contributed by atoms with Crippen molar-refractivity contribution in [3.63, 3.8) is 0 Å². The number of carbonyl (C=O) groups excluding carboxylic acids is 1. The van der Waals surface area contributed by atoms with Crippen LogP contribution in [0.2, 0.25) is 0 Å². The molecule has 0 heterocycles. The third-order valence-corrected chi connectivity index (χ3v) is 4.09. The normalized spacial score (nSPS) is 20.0. The van der Waals surface area contributed by atoms with Crippen molar-refractivity contribution in [2.75, 3.05) is 6.54 Å². The van der Waals surface area contributed by atoms with Gasteiger partial charge < -0.3 is 11.1 Å². The summed E-state index contributed by atoms with van der Waals surface area (Å²) < 4.78 is 0. The fourth-order valence-electron chi connectivity index (χ4n) is 1.43. The number of rotatable bonds is 4. The van der Waals surface area contributed by atoms with E-state index in [1.807, 2.05) is 0 Å². The number of amides is 1. The van der Waals surface area contributed by atoms with Crippen molar-refractivity contribution in [1.29, 1.82) is 0 Å². The van der Waals surface area contributed by atoms with Crippen LogP contribution in [-0.2, 0) is 4.79 Å². The van der Waals surface area contributed by atoms with E-state index in [4.69, 9.17) is 18.0 Å². The first-order chi connectivity index (χ1) is 7.20. The molecule has 0 aromatic heterocycles. The monoisotopic (exact) mass is 242 g/mol. The van der Waals surface area contributed by atoms with Crippen LogP contribution in [0.1, 0.15) is 40.5 Å². The molecule has 0 aromatic rings. The van der Waals surface area contributed by atoms with Crippen LogP contribution in [0.15, 0.2) is 0 Å². The van der Waals surface area contributed by atoms with E-state index in [0.717, 1.165) is 12.8 Å². The maximum atomic E-state index is 11.9. The van der Waals surface area contributed by atoms with E-state index in [1.165, 1.54) is 0 Å². The molecular formula is C12H22N2OS. The minimum Gasteiger partial charge on any atom is -0.392 e. The van der Waals surface area contributed by atoms with Gasteiger partial charge in [0, 0.05) is 6.54 Å². The summed E-state index contributed by atoms with van der Waals surface area (Å²) >= 11 is 4.94. The number of carbonyl (C=O) groups is 1. The topological polar surface area (TPSA) is 55.1 Å². The zero-order valence-electron chi connectivity index (χ0n) is 10.6. The van der Waals surface area contributed by atoms with E-state index in [9.17, 15) is 4.79 Å². The van der Waals surface area contributed by atoms with Gasteiger partial charge in [0.25, 0.3) is 0 Å². The van der Waals surface area contributed by atoms with Gasteiger partial charge in [-0.1, -0.05) is 39.9 Å². The maximum absolute atomic E-state index is 11.9. The van der Waals surface area contributed by atoms with Crippen LogP contribution >= 0.6 is 12.2 Å². The molecule has 0 radical (unpaired) electrons. The summed E-state index contributed by atoms with van der Waals surface area (Å²) in [6.45, 7) is 9.34. The molecule has 1 fully saturated rings. The lowest BCUT2D eigenvalue weighted by molar-refractivity contribution is -0.124. The fraction of sp³-hybridized carbons (Fsp3) is 0.833. The van der Waals surface area contributed by atoms with Crippen LogP contribution in [0.5, 0.6) is 0 Å². The van der Waals surface area contributed by atoms with E-state index < -0.39 is 5.41 Å². The zero-order chi connectivity index (χ0) is 12.6. The Balaban J connectivity index is 2.46. The van der Waals surface area contributed by atoms with Crippen LogP contribution in [0.4, 0.5) is 0 Å². The van der Waals surface area contributed by atoms with E-state index in [-0.39, 0.29) is 11.3 Å².